The minimum atomic E-state index is 0.540. The average molecular weight is 227 g/mol. The molecular formula is C14H29NO. The summed E-state index contributed by atoms with van der Waals surface area (Å²) in [5.74, 6) is 0.706. The van der Waals surface area contributed by atoms with E-state index in [-0.39, 0.29) is 0 Å². The minimum absolute atomic E-state index is 0.540. The first-order valence-corrected chi connectivity index (χ1v) is 7.05. The molecule has 1 saturated carbocycles. The topological polar surface area (TPSA) is 21.3 Å². The molecule has 16 heavy (non-hydrogen) atoms. The summed E-state index contributed by atoms with van der Waals surface area (Å²) in [6.45, 7) is 8.63. The molecule has 0 saturated heterocycles. The number of hydrogen-bond donors (Lipinski definition) is 1. The first-order valence-electron chi connectivity index (χ1n) is 7.05. The van der Waals surface area contributed by atoms with E-state index in [0.717, 1.165) is 13.2 Å². The normalized spacial score (nSPS) is 21.0. The third-order valence-corrected chi connectivity index (χ3v) is 3.72. The van der Waals surface area contributed by atoms with Crippen LogP contribution in [-0.2, 0) is 4.74 Å². The summed E-state index contributed by atoms with van der Waals surface area (Å²) in [6, 6.07) is 0.595. The summed E-state index contributed by atoms with van der Waals surface area (Å²) in [4.78, 5) is 0. The first kappa shape index (κ1) is 14.0. The number of ether oxygens (including phenoxy) is 1. The van der Waals surface area contributed by atoms with Crippen molar-refractivity contribution in [3.63, 3.8) is 0 Å². The highest BCUT2D eigenvalue weighted by molar-refractivity contribution is 4.66. The number of hydrogen-bond acceptors (Lipinski definition) is 2. The van der Waals surface area contributed by atoms with E-state index in [1.807, 2.05) is 0 Å². The highest BCUT2D eigenvalue weighted by atomic mass is 16.5. The zero-order chi connectivity index (χ0) is 11.8. The lowest BCUT2D eigenvalue weighted by Gasteiger charge is -2.19. The van der Waals surface area contributed by atoms with Crippen molar-refractivity contribution < 1.29 is 4.74 Å². The Bertz CT molecular complexity index is 162. The molecule has 0 heterocycles. The van der Waals surface area contributed by atoms with Crippen LogP contribution >= 0.6 is 0 Å². The van der Waals surface area contributed by atoms with Gasteiger partial charge in [0, 0.05) is 12.6 Å². The van der Waals surface area contributed by atoms with Gasteiger partial charge in [0.25, 0.3) is 0 Å². The minimum Gasteiger partial charge on any atom is -0.377 e. The molecule has 1 N–H and O–H groups in total. The van der Waals surface area contributed by atoms with Crippen molar-refractivity contribution in [2.45, 2.75) is 71.4 Å². The van der Waals surface area contributed by atoms with Crippen LogP contribution in [0.2, 0.25) is 0 Å². The Kier molecular flexibility index (Phi) is 7.06. The molecule has 1 atom stereocenters. The lowest BCUT2D eigenvalue weighted by Crippen LogP contribution is -2.34. The van der Waals surface area contributed by atoms with Crippen molar-refractivity contribution in [2.75, 3.05) is 13.2 Å². The third-order valence-electron chi connectivity index (χ3n) is 3.72. The molecule has 0 aliphatic heterocycles. The summed E-state index contributed by atoms with van der Waals surface area (Å²) >= 11 is 0. The van der Waals surface area contributed by atoms with Crippen LogP contribution in [0, 0.1) is 5.92 Å². The van der Waals surface area contributed by atoms with E-state index in [1.54, 1.807) is 0 Å². The van der Waals surface area contributed by atoms with E-state index in [2.05, 4.69) is 26.1 Å². The van der Waals surface area contributed by atoms with E-state index in [4.69, 9.17) is 4.74 Å². The zero-order valence-electron chi connectivity index (χ0n) is 11.3. The molecule has 0 radical (unpaired) electrons. The van der Waals surface area contributed by atoms with Gasteiger partial charge in [-0.15, -0.1) is 0 Å². The molecule has 0 aromatic carbocycles. The fourth-order valence-corrected chi connectivity index (χ4v) is 2.16. The van der Waals surface area contributed by atoms with Crippen LogP contribution in [0.3, 0.4) is 0 Å². The van der Waals surface area contributed by atoms with Gasteiger partial charge < -0.3 is 10.1 Å². The molecule has 1 unspecified atom stereocenters. The van der Waals surface area contributed by atoms with Gasteiger partial charge in [0.1, 0.15) is 0 Å². The van der Waals surface area contributed by atoms with Gasteiger partial charge in [-0.2, -0.15) is 0 Å². The van der Waals surface area contributed by atoms with Gasteiger partial charge in [0.2, 0.25) is 0 Å². The van der Waals surface area contributed by atoms with Crippen molar-refractivity contribution in [2.24, 2.45) is 5.92 Å². The third kappa shape index (κ3) is 5.86. The van der Waals surface area contributed by atoms with Gasteiger partial charge >= 0.3 is 0 Å². The lowest BCUT2D eigenvalue weighted by molar-refractivity contribution is 0.0437. The fraction of sp³-hybridized carbons (Fsp3) is 1.00. The van der Waals surface area contributed by atoms with Gasteiger partial charge in [-0.3, -0.25) is 0 Å². The van der Waals surface area contributed by atoms with Crippen molar-refractivity contribution >= 4 is 0 Å². The Balaban J connectivity index is 2.01. The molecule has 96 valence electrons. The number of nitrogens with one attached hydrogen (secondary N) is 1. The van der Waals surface area contributed by atoms with Crippen LogP contribution in [0.25, 0.3) is 0 Å². The van der Waals surface area contributed by atoms with E-state index < -0.39 is 0 Å². The van der Waals surface area contributed by atoms with Crippen LogP contribution < -0.4 is 5.32 Å². The Morgan fingerprint density at radius 2 is 1.69 bits per heavy atom. The monoisotopic (exact) mass is 227 g/mol. The smallest absolute Gasteiger partial charge is 0.0594 e. The Labute approximate surface area is 101 Å². The van der Waals surface area contributed by atoms with Crippen molar-refractivity contribution in [1.29, 1.82) is 0 Å². The highest BCUT2D eigenvalue weighted by Crippen LogP contribution is 2.19. The SMILES string of the molecule is CC(C)C(C)NCCOC1CCCCCC1. The van der Waals surface area contributed by atoms with E-state index in [0.29, 0.717) is 18.1 Å². The molecule has 2 heteroatoms. The molecular weight excluding hydrogens is 198 g/mol. The standard InChI is InChI=1S/C14H29NO/c1-12(2)13(3)15-10-11-16-14-8-6-4-5-7-9-14/h12-15H,4-11H2,1-3H3. The molecule has 1 aliphatic carbocycles. The first-order chi connectivity index (χ1) is 7.70. The van der Waals surface area contributed by atoms with Crippen LogP contribution in [0.1, 0.15) is 59.3 Å². The predicted octanol–water partition coefficient (Wildman–Crippen LogP) is 3.36. The second-order valence-electron chi connectivity index (χ2n) is 5.47. The molecule has 1 fully saturated rings. The summed E-state index contributed by atoms with van der Waals surface area (Å²) in [5, 5.41) is 3.51. The quantitative estimate of drug-likeness (QED) is 0.555. The van der Waals surface area contributed by atoms with Crippen LogP contribution in [0.15, 0.2) is 0 Å². The maximum absolute atomic E-state index is 5.93. The summed E-state index contributed by atoms with van der Waals surface area (Å²) in [6.07, 6.45) is 8.63. The van der Waals surface area contributed by atoms with E-state index in [9.17, 15) is 0 Å². The van der Waals surface area contributed by atoms with Gasteiger partial charge in [0.05, 0.1) is 12.7 Å². The Hall–Kier alpha value is -0.0800. The summed E-state index contributed by atoms with van der Waals surface area (Å²) < 4.78 is 5.93. The Morgan fingerprint density at radius 3 is 2.25 bits per heavy atom. The largest absolute Gasteiger partial charge is 0.377 e. The molecule has 0 aromatic heterocycles. The molecule has 0 spiro atoms. The second kappa shape index (κ2) is 8.08. The van der Waals surface area contributed by atoms with E-state index >= 15 is 0 Å². The van der Waals surface area contributed by atoms with Crippen LogP contribution in [-0.4, -0.2) is 25.3 Å². The summed E-state index contributed by atoms with van der Waals surface area (Å²) in [5.41, 5.74) is 0. The molecule has 2 nitrogen and oxygen atoms in total. The fourth-order valence-electron chi connectivity index (χ4n) is 2.16. The van der Waals surface area contributed by atoms with Crippen molar-refractivity contribution in [3.8, 4) is 0 Å². The maximum Gasteiger partial charge on any atom is 0.0594 e. The van der Waals surface area contributed by atoms with Crippen LogP contribution in [0.5, 0.6) is 0 Å². The van der Waals surface area contributed by atoms with Gasteiger partial charge in [-0.25, -0.2) is 0 Å². The van der Waals surface area contributed by atoms with E-state index in [1.165, 1.54) is 38.5 Å². The molecule has 0 aromatic rings. The number of rotatable bonds is 6. The zero-order valence-corrected chi connectivity index (χ0v) is 11.3. The van der Waals surface area contributed by atoms with Gasteiger partial charge in [0.15, 0.2) is 0 Å². The van der Waals surface area contributed by atoms with Crippen LogP contribution in [0.4, 0.5) is 0 Å². The molecule has 1 rings (SSSR count). The molecule has 0 bridgehead atoms. The van der Waals surface area contributed by atoms with Gasteiger partial charge in [-0.05, 0) is 25.7 Å². The second-order valence-corrected chi connectivity index (χ2v) is 5.47. The predicted molar refractivity (Wildman–Crippen MR) is 69.7 cm³/mol. The molecule has 0 amide bonds. The molecule has 1 aliphatic rings. The van der Waals surface area contributed by atoms with Gasteiger partial charge in [-0.1, -0.05) is 39.5 Å². The Morgan fingerprint density at radius 1 is 1.06 bits per heavy atom. The average Bonchev–Trinajstić information content (AvgIpc) is 2.52. The maximum atomic E-state index is 5.93. The van der Waals surface area contributed by atoms with Crippen molar-refractivity contribution in [1.82, 2.24) is 5.32 Å². The lowest BCUT2D eigenvalue weighted by atomic mass is 10.1. The summed E-state index contributed by atoms with van der Waals surface area (Å²) in [7, 11) is 0. The highest BCUT2D eigenvalue weighted by Gasteiger charge is 2.12. The van der Waals surface area contributed by atoms with Crippen molar-refractivity contribution in [3.05, 3.63) is 0 Å².